The molecule has 2 heteroatoms. The lowest BCUT2D eigenvalue weighted by atomic mass is 9.97. The molecule has 1 heterocycles. The Morgan fingerprint density at radius 3 is 3.00 bits per heavy atom. The highest BCUT2D eigenvalue weighted by Crippen LogP contribution is 2.54. The minimum atomic E-state index is 0.805. The van der Waals surface area contributed by atoms with Crippen LogP contribution >= 0.6 is 11.6 Å². The largest absolute Gasteiger partial charge is 0.384 e. The highest BCUT2D eigenvalue weighted by atomic mass is 35.5. The molecule has 4 rings (SSSR count). The van der Waals surface area contributed by atoms with Crippen molar-refractivity contribution in [2.45, 2.75) is 12.3 Å². The zero-order valence-corrected chi connectivity index (χ0v) is 9.59. The molecule has 1 N–H and O–H groups in total. The van der Waals surface area contributed by atoms with Gasteiger partial charge in [0, 0.05) is 28.0 Å². The van der Waals surface area contributed by atoms with E-state index in [0.29, 0.717) is 0 Å². The number of halogens is 1. The summed E-state index contributed by atoms with van der Waals surface area (Å²) in [4.78, 5) is 0. The third kappa shape index (κ3) is 1.07. The van der Waals surface area contributed by atoms with Crippen LogP contribution in [0.15, 0.2) is 30.3 Å². The van der Waals surface area contributed by atoms with Gasteiger partial charge in [-0.1, -0.05) is 35.9 Å². The van der Waals surface area contributed by atoms with Crippen molar-refractivity contribution in [3.05, 3.63) is 40.9 Å². The lowest BCUT2D eigenvalue weighted by Gasteiger charge is -2.19. The van der Waals surface area contributed by atoms with Gasteiger partial charge in [0.1, 0.15) is 0 Å². The van der Waals surface area contributed by atoms with Crippen LogP contribution in [-0.2, 0) is 0 Å². The molecule has 16 heavy (non-hydrogen) atoms. The van der Waals surface area contributed by atoms with Gasteiger partial charge < -0.3 is 5.32 Å². The number of hydrogen-bond donors (Lipinski definition) is 1. The molecule has 1 saturated carbocycles. The van der Waals surface area contributed by atoms with Crippen LogP contribution in [0, 0.1) is 5.92 Å². The van der Waals surface area contributed by atoms with Gasteiger partial charge in [-0.25, -0.2) is 0 Å². The second-order valence-electron chi connectivity index (χ2n) is 4.85. The first-order valence-corrected chi connectivity index (χ1v) is 6.17. The Morgan fingerprint density at radius 1 is 1.12 bits per heavy atom. The first-order valence-electron chi connectivity index (χ1n) is 5.79. The van der Waals surface area contributed by atoms with E-state index >= 15 is 0 Å². The highest BCUT2D eigenvalue weighted by molar-refractivity contribution is 6.36. The average Bonchev–Trinajstić information content (AvgIpc) is 3.08. The molecule has 80 valence electrons. The van der Waals surface area contributed by atoms with Gasteiger partial charge in [0.15, 0.2) is 0 Å². The summed E-state index contributed by atoms with van der Waals surface area (Å²) < 4.78 is 0. The molecule has 2 unspecified atom stereocenters. The Morgan fingerprint density at radius 2 is 2.06 bits per heavy atom. The first kappa shape index (κ1) is 8.89. The first-order chi connectivity index (χ1) is 7.84. The zero-order chi connectivity index (χ0) is 10.7. The van der Waals surface area contributed by atoms with Crippen molar-refractivity contribution in [2.75, 3.05) is 11.9 Å². The fourth-order valence-corrected chi connectivity index (χ4v) is 3.17. The maximum atomic E-state index is 6.22. The van der Waals surface area contributed by atoms with Crippen LogP contribution < -0.4 is 5.32 Å². The average molecular weight is 230 g/mol. The SMILES string of the molecule is Clc1cccc2c3c(ccc12)C1CC1CN3. The van der Waals surface area contributed by atoms with Crippen molar-refractivity contribution in [1.82, 2.24) is 0 Å². The molecule has 1 aliphatic carbocycles. The molecule has 2 aromatic rings. The van der Waals surface area contributed by atoms with Gasteiger partial charge in [-0.05, 0) is 29.9 Å². The standard InChI is InChI=1S/C14H12ClN/c15-13-3-1-2-10-9(13)4-5-11-12-6-8(12)7-16-14(10)11/h1-5,8,12,16H,6-7H2. The quantitative estimate of drug-likeness (QED) is 0.720. The fraction of sp³-hybridized carbons (Fsp3) is 0.286. The summed E-state index contributed by atoms with van der Waals surface area (Å²) in [6.45, 7) is 1.13. The Labute approximate surface area is 99.4 Å². The normalized spacial score (nSPS) is 25.8. The Kier molecular flexibility index (Phi) is 1.62. The van der Waals surface area contributed by atoms with Crippen LogP contribution in [0.5, 0.6) is 0 Å². The Bertz CT molecular complexity index is 591. The molecule has 1 fully saturated rings. The van der Waals surface area contributed by atoms with Crippen molar-refractivity contribution >= 4 is 28.1 Å². The third-order valence-corrected chi connectivity index (χ3v) is 4.23. The van der Waals surface area contributed by atoms with Gasteiger partial charge in [-0.15, -0.1) is 0 Å². The number of anilines is 1. The van der Waals surface area contributed by atoms with Crippen LogP contribution in [0.25, 0.3) is 10.8 Å². The van der Waals surface area contributed by atoms with Crippen molar-refractivity contribution in [3.63, 3.8) is 0 Å². The van der Waals surface area contributed by atoms with Gasteiger partial charge in [0.05, 0.1) is 0 Å². The molecule has 0 saturated heterocycles. The number of nitrogens with one attached hydrogen (secondary N) is 1. The lowest BCUT2D eigenvalue weighted by Crippen LogP contribution is -2.12. The summed E-state index contributed by atoms with van der Waals surface area (Å²) >= 11 is 6.22. The monoisotopic (exact) mass is 229 g/mol. The lowest BCUT2D eigenvalue weighted by molar-refractivity contribution is 0.819. The summed E-state index contributed by atoms with van der Waals surface area (Å²) in [6, 6.07) is 10.6. The summed E-state index contributed by atoms with van der Waals surface area (Å²) in [5, 5.41) is 6.85. The maximum Gasteiger partial charge on any atom is 0.0485 e. The second kappa shape index (κ2) is 2.92. The molecule has 0 amide bonds. The van der Waals surface area contributed by atoms with Crippen LogP contribution in [0.2, 0.25) is 5.02 Å². The molecule has 2 aliphatic rings. The van der Waals surface area contributed by atoms with Gasteiger partial charge in [0.25, 0.3) is 0 Å². The minimum absolute atomic E-state index is 0.805. The van der Waals surface area contributed by atoms with Crippen molar-refractivity contribution in [1.29, 1.82) is 0 Å². The van der Waals surface area contributed by atoms with Crippen LogP contribution in [0.3, 0.4) is 0 Å². The second-order valence-corrected chi connectivity index (χ2v) is 5.26. The molecule has 0 aromatic heterocycles. The summed E-state index contributed by atoms with van der Waals surface area (Å²) in [7, 11) is 0. The third-order valence-electron chi connectivity index (χ3n) is 3.90. The predicted molar refractivity (Wildman–Crippen MR) is 68.3 cm³/mol. The van der Waals surface area contributed by atoms with E-state index in [2.05, 4.69) is 23.5 Å². The molecule has 2 aromatic carbocycles. The zero-order valence-electron chi connectivity index (χ0n) is 8.83. The number of fused-ring (bicyclic) bond motifs is 5. The smallest absolute Gasteiger partial charge is 0.0485 e. The van der Waals surface area contributed by atoms with Gasteiger partial charge in [-0.3, -0.25) is 0 Å². The Balaban J connectivity index is 2.07. The van der Waals surface area contributed by atoms with E-state index in [1.54, 1.807) is 0 Å². The molecular weight excluding hydrogens is 218 g/mol. The summed E-state index contributed by atoms with van der Waals surface area (Å²) in [5.74, 6) is 1.68. The van der Waals surface area contributed by atoms with E-state index < -0.39 is 0 Å². The molecule has 1 nitrogen and oxygen atoms in total. The topological polar surface area (TPSA) is 12.0 Å². The van der Waals surface area contributed by atoms with Crippen molar-refractivity contribution < 1.29 is 0 Å². The van der Waals surface area contributed by atoms with E-state index in [1.807, 2.05) is 12.1 Å². The van der Waals surface area contributed by atoms with E-state index in [9.17, 15) is 0 Å². The number of hydrogen-bond acceptors (Lipinski definition) is 1. The Hall–Kier alpha value is -1.21. The molecular formula is C14H12ClN. The molecule has 0 bridgehead atoms. The molecule has 0 spiro atoms. The number of benzene rings is 2. The summed E-state index contributed by atoms with van der Waals surface area (Å²) in [5.41, 5.74) is 2.81. The number of rotatable bonds is 0. The molecule has 2 atom stereocenters. The van der Waals surface area contributed by atoms with Crippen molar-refractivity contribution in [3.8, 4) is 0 Å². The van der Waals surface area contributed by atoms with Crippen LogP contribution in [-0.4, -0.2) is 6.54 Å². The van der Waals surface area contributed by atoms with Crippen molar-refractivity contribution in [2.24, 2.45) is 5.92 Å². The highest BCUT2D eigenvalue weighted by Gasteiger charge is 2.42. The van der Waals surface area contributed by atoms with E-state index in [1.165, 1.54) is 23.1 Å². The maximum absolute atomic E-state index is 6.22. The van der Waals surface area contributed by atoms with E-state index in [0.717, 1.165) is 28.8 Å². The van der Waals surface area contributed by atoms with Gasteiger partial charge in [-0.2, -0.15) is 0 Å². The van der Waals surface area contributed by atoms with Gasteiger partial charge >= 0.3 is 0 Å². The molecule has 1 aliphatic heterocycles. The van der Waals surface area contributed by atoms with Crippen LogP contribution in [0.1, 0.15) is 17.9 Å². The van der Waals surface area contributed by atoms with E-state index in [-0.39, 0.29) is 0 Å². The molecule has 0 radical (unpaired) electrons. The van der Waals surface area contributed by atoms with Crippen LogP contribution in [0.4, 0.5) is 5.69 Å². The summed E-state index contributed by atoms with van der Waals surface area (Å²) in [6.07, 6.45) is 1.35. The fourth-order valence-electron chi connectivity index (χ4n) is 2.93. The minimum Gasteiger partial charge on any atom is -0.384 e. The van der Waals surface area contributed by atoms with Gasteiger partial charge in [0.2, 0.25) is 0 Å². The predicted octanol–water partition coefficient (Wildman–Crippen LogP) is 4.02. The van der Waals surface area contributed by atoms with E-state index in [4.69, 9.17) is 11.6 Å².